The molecule has 0 saturated carbocycles. The maximum Gasteiger partial charge on any atom is 0.287 e. The Morgan fingerprint density at radius 3 is 2.61 bits per heavy atom. The molecule has 0 radical (unpaired) electrons. The molecule has 0 bridgehead atoms. The molecule has 0 aliphatic heterocycles. The number of hydrogen-bond acceptors (Lipinski definition) is 4. The molecule has 146 valence electrons. The van der Waals surface area contributed by atoms with Crippen LogP contribution in [0.5, 0.6) is 5.75 Å². The first-order valence-electron chi connectivity index (χ1n) is 8.78. The molecular formula is C21H20ClNO4S. The lowest BCUT2D eigenvalue weighted by Crippen LogP contribution is -2.22. The van der Waals surface area contributed by atoms with Crippen LogP contribution in [0.15, 0.2) is 70.0 Å². The van der Waals surface area contributed by atoms with Crippen LogP contribution < -0.4 is 10.1 Å². The Balaban J connectivity index is 1.59. The monoisotopic (exact) mass is 417 g/mol. The predicted molar refractivity (Wildman–Crippen MR) is 109 cm³/mol. The minimum atomic E-state index is -1.28. The average Bonchev–Trinajstić information content (AvgIpc) is 3.16. The Hall–Kier alpha value is -2.57. The summed E-state index contributed by atoms with van der Waals surface area (Å²) in [6.07, 6.45) is 0. The summed E-state index contributed by atoms with van der Waals surface area (Å²) in [6, 6.07) is 17.6. The van der Waals surface area contributed by atoms with E-state index in [2.05, 4.69) is 5.32 Å². The van der Waals surface area contributed by atoms with Crippen molar-refractivity contribution in [3.63, 3.8) is 0 Å². The molecule has 1 atom stereocenters. The minimum absolute atomic E-state index is 0.178. The van der Waals surface area contributed by atoms with Crippen LogP contribution >= 0.6 is 11.6 Å². The van der Waals surface area contributed by atoms with Crippen LogP contribution in [0.2, 0.25) is 5.02 Å². The molecule has 1 aromatic heterocycles. The first-order valence-corrected chi connectivity index (χ1v) is 10.5. The number of benzene rings is 2. The highest BCUT2D eigenvalue weighted by Gasteiger charge is 2.14. The van der Waals surface area contributed by atoms with Gasteiger partial charge >= 0.3 is 0 Å². The van der Waals surface area contributed by atoms with Crippen molar-refractivity contribution in [2.45, 2.75) is 24.1 Å². The summed E-state index contributed by atoms with van der Waals surface area (Å²) in [6.45, 7) is 2.78. The van der Waals surface area contributed by atoms with Crippen molar-refractivity contribution in [2.75, 3.05) is 6.61 Å². The van der Waals surface area contributed by atoms with Crippen LogP contribution in [0.3, 0.4) is 0 Å². The van der Waals surface area contributed by atoms with Crippen LogP contribution in [-0.2, 0) is 23.1 Å². The second-order valence-corrected chi connectivity index (χ2v) is 7.82. The lowest BCUT2D eigenvalue weighted by Gasteiger charge is -2.10. The number of para-hydroxylation sites is 1. The highest BCUT2D eigenvalue weighted by molar-refractivity contribution is 7.84. The standard InChI is InChI=1S/C21H20ClNO4S/c1-2-26-19-6-4-3-5-15(19)13-23-21(24)20-12-9-17(27-20)14-28(25)18-10-7-16(22)8-11-18/h3-12H,2,13-14H2,1H3,(H,23,24)/t28-/m1/s1. The number of hydrogen-bond donors (Lipinski definition) is 1. The zero-order valence-electron chi connectivity index (χ0n) is 15.3. The van der Waals surface area contributed by atoms with E-state index in [9.17, 15) is 9.00 Å². The molecule has 0 unspecified atom stereocenters. The molecule has 5 nitrogen and oxygen atoms in total. The second-order valence-electron chi connectivity index (χ2n) is 5.93. The molecule has 0 fully saturated rings. The summed E-state index contributed by atoms with van der Waals surface area (Å²) < 4.78 is 23.5. The van der Waals surface area contributed by atoms with E-state index in [0.717, 1.165) is 11.3 Å². The second kappa shape index (κ2) is 9.57. The van der Waals surface area contributed by atoms with E-state index in [1.165, 1.54) is 0 Å². The van der Waals surface area contributed by atoms with Gasteiger partial charge in [0.2, 0.25) is 0 Å². The fourth-order valence-corrected chi connectivity index (χ4v) is 3.73. The van der Waals surface area contributed by atoms with Crippen molar-refractivity contribution in [1.82, 2.24) is 5.32 Å². The van der Waals surface area contributed by atoms with Gasteiger partial charge in [0, 0.05) is 22.0 Å². The van der Waals surface area contributed by atoms with Crippen molar-refractivity contribution in [1.29, 1.82) is 0 Å². The number of ether oxygens (including phenoxy) is 1. The van der Waals surface area contributed by atoms with Crippen molar-refractivity contribution in [3.05, 3.63) is 82.8 Å². The predicted octanol–water partition coefficient (Wildman–Crippen LogP) is 4.57. The molecule has 2 aromatic carbocycles. The Bertz CT molecular complexity index is 969. The summed E-state index contributed by atoms with van der Waals surface area (Å²) in [5.74, 6) is 1.24. The van der Waals surface area contributed by atoms with Crippen molar-refractivity contribution < 1.29 is 18.2 Å². The Morgan fingerprint density at radius 2 is 1.86 bits per heavy atom. The van der Waals surface area contributed by atoms with E-state index in [1.54, 1.807) is 36.4 Å². The molecule has 1 heterocycles. The van der Waals surface area contributed by atoms with Crippen LogP contribution in [0.4, 0.5) is 0 Å². The van der Waals surface area contributed by atoms with Crippen LogP contribution in [0.1, 0.15) is 28.8 Å². The van der Waals surface area contributed by atoms with Gasteiger partial charge in [0.25, 0.3) is 5.91 Å². The SMILES string of the molecule is CCOc1ccccc1CNC(=O)c1ccc(C[S@@](=O)c2ccc(Cl)cc2)o1. The third-order valence-corrected chi connectivity index (χ3v) is 5.54. The summed E-state index contributed by atoms with van der Waals surface area (Å²) in [5, 5.41) is 3.40. The van der Waals surface area contributed by atoms with Crippen LogP contribution in [0.25, 0.3) is 0 Å². The quantitative estimate of drug-likeness (QED) is 0.583. The fraction of sp³-hybridized carbons (Fsp3) is 0.190. The maximum atomic E-state index is 12.4. The summed E-state index contributed by atoms with van der Waals surface area (Å²) >= 11 is 5.85. The van der Waals surface area contributed by atoms with Gasteiger partial charge in [0.1, 0.15) is 11.5 Å². The van der Waals surface area contributed by atoms with Gasteiger partial charge in [-0.1, -0.05) is 29.8 Å². The highest BCUT2D eigenvalue weighted by Crippen LogP contribution is 2.19. The van der Waals surface area contributed by atoms with Gasteiger partial charge in [-0.3, -0.25) is 9.00 Å². The Labute approximate surface area is 171 Å². The van der Waals surface area contributed by atoms with Gasteiger partial charge in [-0.2, -0.15) is 0 Å². The Kier molecular flexibility index (Phi) is 6.90. The molecule has 0 aliphatic carbocycles. The molecule has 1 amide bonds. The van der Waals surface area contributed by atoms with Crippen LogP contribution in [0, 0.1) is 0 Å². The van der Waals surface area contributed by atoms with E-state index in [4.69, 9.17) is 20.8 Å². The molecule has 3 rings (SSSR count). The molecule has 28 heavy (non-hydrogen) atoms. The number of halogens is 1. The molecule has 0 spiro atoms. The third-order valence-electron chi connectivity index (χ3n) is 3.95. The summed E-state index contributed by atoms with van der Waals surface area (Å²) in [5.41, 5.74) is 0.883. The number of nitrogens with one attached hydrogen (secondary N) is 1. The highest BCUT2D eigenvalue weighted by atomic mass is 35.5. The van der Waals surface area contributed by atoms with E-state index >= 15 is 0 Å². The molecular weight excluding hydrogens is 398 g/mol. The molecule has 0 saturated heterocycles. The van der Waals surface area contributed by atoms with E-state index in [-0.39, 0.29) is 17.4 Å². The lowest BCUT2D eigenvalue weighted by atomic mass is 10.2. The van der Waals surface area contributed by atoms with Crippen molar-refractivity contribution in [3.8, 4) is 5.75 Å². The van der Waals surface area contributed by atoms with Crippen LogP contribution in [-0.4, -0.2) is 16.7 Å². The number of rotatable bonds is 8. The molecule has 0 aliphatic rings. The summed E-state index contributed by atoms with van der Waals surface area (Å²) in [4.78, 5) is 13.0. The zero-order valence-corrected chi connectivity index (χ0v) is 16.9. The maximum absolute atomic E-state index is 12.4. The molecule has 3 aromatic rings. The molecule has 1 N–H and O–H groups in total. The van der Waals surface area contributed by atoms with E-state index in [1.807, 2.05) is 31.2 Å². The third kappa shape index (κ3) is 5.24. The summed E-state index contributed by atoms with van der Waals surface area (Å²) in [7, 11) is -1.28. The number of carbonyl (C=O) groups is 1. The lowest BCUT2D eigenvalue weighted by molar-refractivity contribution is 0.0921. The average molecular weight is 418 g/mol. The smallest absolute Gasteiger partial charge is 0.287 e. The fourth-order valence-electron chi connectivity index (χ4n) is 2.59. The number of furan rings is 1. The first kappa shape index (κ1) is 20.2. The zero-order chi connectivity index (χ0) is 19.9. The van der Waals surface area contributed by atoms with Gasteiger partial charge in [-0.15, -0.1) is 0 Å². The first-order chi connectivity index (χ1) is 13.6. The molecule has 7 heteroatoms. The Morgan fingerprint density at radius 1 is 1.11 bits per heavy atom. The van der Waals surface area contributed by atoms with Gasteiger partial charge < -0.3 is 14.5 Å². The topological polar surface area (TPSA) is 68.5 Å². The van der Waals surface area contributed by atoms with Gasteiger partial charge in [-0.25, -0.2) is 0 Å². The van der Waals surface area contributed by atoms with Gasteiger partial charge in [0.05, 0.1) is 23.2 Å². The van der Waals surface area contributed by atoms with Gasteiger partial charge in [0.15, 0.2) is 5.76 Å². The van der Waals surface area contributed by atoms with Crippen molar-refractivity contribution in [2.24, 2.45) is 0 Å². The number of carbonyl (C=O) groups excluding carboxylic acids is 1. The normalized spacial score (nSPS) is 11.8. The minimum Gasteiger partial charge on any atom is -0.494 e. The van der Waals surface area contributed by atoms with E-state index in [0.29, 0.717) is 28.8 Å². The van der Waals surface area contributed by atoms with Crippen molar-refractivity contribution >= 4 is 28.3 Å². The largest absolute Gasteiger partial charge is 0.494 e. The number of amides is 1. The van der Waals surface area contributed by atoms with Gasteiger partial charge in [-0.05, 0) is 49.4 Å². The van der Waals surface area contributed by atoms with E-state index < -0.39 is 10.8 Å².